The second kappa shape index (κ2) is 2.72. The molecule has 5 heteroatoms. The van der Waals surface area contributed by atoms with Gasteiger partial charge >= 0.3 is 6.18 Å². The smallest absolute Gasteiger partial charge is 0.323 e. The summed E-state index contributed by atoms with van der Waals surface area (Å²) in [4.78, 5) is 10.0. The van der Waals surface area contributed by atoms with Crippen molar-refractivity contribution in [3.63, 3.8) is 0 Å². The fourth-order valence-electron chi connectivity index (χ4n) is 0.283. The molecule has 0 spiro atoms. The van der Waals surface area contributed by atoms with Crippen LogP contribution in [0.5, 0.6) is 0 Å². The normalized spacial score (nSPS) is 10.8. The van der Waals surface area contributed by atoms with Gasteiger partial charge in [0.2, 0.25) is 5.91 Å². The van der Waals surface area contributed by atoms with E-state index < -0.39 is 17.8 Å². The van der Waals surface area contributed by atoms with Gasteiger partial charge < -0.3 is 5.32 Å². The van der Waals surface area contributed by atoms with Crippen LogP contribution in [0.25, 0.3) is 0 Å². The van der Waals surface area contributed by atoms with Gasteiger partial charge in [-0.05, 0) is 0 Å². The van der Waals surface area contributed by atoms with Crippen LogP contribution < -0.4 is 5.32 Å². The van der Waals surface area contributed by atoms with Crippen molar-refractivity contribution in [2.24, 2.45) is 0 Å². The molecular formula is C5H6F3NO. The van der Waals surface area contributed by atoms with E-state index >= 15 is 0 Å². The summed E-state index contributed by atoms with van der Waals surface area (Å²) in [6.07, 6.45) is -4.54. The maximum atomic E-state index is 11.5. The largest absolute Gasteiger partial charge is 0.430 e. The molecule has 0 saturated carbocycles. The molecule has 0 saturated heterocycles. The van der Waals surface area contributed by atoms with E-state index in [0.717, 1.165) is 6.92 Å². The summed E-state index contributed by atoms with van der Waals surface area (Å²) in [5.41, 5.74) is -1.24. The molecule has 10 heavy (non-hydrogen) atoms. The van der Waals surface area contributed by atoms with Gasteiger partial charge in [0.15, 0.2) is 0 Å². The number of carbonyl (C=O) groups is 1. The summed E-state index contributed by atoms with van der Waals surface area (Å²) < 4.78 is 34.5. The Kier molecular flexibility index (Phi) is 2.45. The highest BCUT2D eigenvalue weighted by Gasteiger charge is 2.32. The van der Waals surface area contributed by atoms with Gasteiger partial charge in [0, 0.05) is 6.92 Å². The number of alkyl halides is 3. The van der Waals surface area contributed by atoms with Crippen LogP contribution in [0.4, 0.5) is 13.2 Å². The average Bonchev–Trinajstić information content (AvgIpc) is 1.60. The number of carbonyl (C=O) groups excluding carboxylic acids is 1. The third-order valence-corrected chi connectivity index (χ3v) is 0.669. The highest BCUT2D eigenvalue weighted by Crippen LogP contribution is 2.21. The molecule has 0 fully saturated rings. The minimum absolute atomic E-state index is 0.776. The van der Waals surface area contributed by atoms with Crippen molar-refractivity contribution >= 4 is 5.91 Å². The Bertz CT molecular complexity index is 161. The number of halogens is 3. The second-order valence-corrected chi connectivity index (χ2v) is 1.66. The molecule has 0 aromatic carbocycles. The molecule has 1 N–H and O–H groups in total. The highest BCUT2D eigenvalue weighted by atomic mass is 19.4. The summed E-state index contributed by atoms with van der Waals surface area (Å²) >= 11 is 0. The molecule has 0 atom stereocenters. The van der Waals surface area contributed by atoms with E-state index in [1.54, 1.807) is 0 Å². The topological polar surface area (TPSA) is 29.1 Å². The van der Waals surface area contributed by atoms with E-state index in [1.165, 1.54) is 5.32 Å². The van der Waals surface area contributed by atoms with Crippen LogP contribution in [-0.2, 0) is 4.79 Å². The second-order valence-electron chi connectivity index (χ2n) is 1.66. The van der Waals surface area contributed by atoms with Crippen LogP contribution >= 0.6 is 0 Å². The third-order valence-electron chi connectivity index (χ3n) is 0.669. The zero-order valence-corrected chi connectivity index (χ0v) is 5.25. The Hall–Kier alpha value is -1.00. The standard InChI is InChI=1S/C5H6F3NO/c1-3(5(6,7)8)9-4(2)10/h1H2,2H3,(H,9,10). The molecule has 58 valence electrons. The fraction of sp³-hybridized carbons (Fsp3) is 0.400. The van der Waals surface area contributed by atoms with Gasteiger partial charge in [-0.25, -0.2) is 0 Å². The molecular weight excluding hydrogens is 147 g/mol. The lowest BCUT2D eigenvalue weighted by Crippen LogP contribution is -2.28. The number of allylic oxidation sites excluding steroid dienone is 1. The number of amides is 1. The van der Waals surface area contributed by atoms with E-state index in [0.29, 0.717) is 0 Å². The first kappa shape index (κ1) is 9.00. The third kappa shape index (κ3) is 3.11. The number of hydrogen-bond acceptors (Lipinski definition) is 1. The predicted octanol–water partition coefficient (Wildman–Crippen LogP) is 1.20. The zero-order valence-electron chi connectivity index (χ0n) is 5.25. The molecule has 0 radical (unpaired) electrons. The molecule has 0 rings (SSSR count). The summed E-state index contributed by atoms with van der Waals surface area (Å²) in [5, 5.41) is 1.52. The van der Waals surface area contributed by atoms with Crippen LogP contribution in [0.3, 0.4) is 0 Å². The minimum atomic E-state index is -4.54. The van der Waals surface area contributed by atoms with E-state index in [1.807, 2.05) is 0 Å². The van der Waals surface area contributed by atoms with E-state index in [9.17, 15) is 18.0 Å². The molecule has 0 aromatic heterocycles. The number of rotatable bonds is 1. The lowest BCUT2D eigenvalue weighted by Gasteiger charge is -2.08. The molecule has 0 bridgehead atoms. The van der Waals surface area contributed by atoms with Gasteiger partial charge in [-0.15, -0.1) is 0 Å². The Labute approximate surface area is 55.7 Å². The van der Waals surface area contributed by atoms with Gasteiger partial charge in [0.25, 0.3) is 0 Å². The maximum Gasteiger partial charge on any atom is 0.430 e. The van der Waals surface area contributed by atoms with Gasteiger partial charge in [0.05, 0.1) is 0 Å². The summed E-state index contributed by atoms with van der Waals surface area (Å²) in [5.74, 6) is -0.776. The van der Waals surface area contributed by atoms with Gasteiger partial charge in [-0.3, -0.25) is 4.79 Å². The average molecular weight is 153 g/mol. The molecule has 0 aliphatic rings. The monoisotopic (exact) mass is 153 g/mol. The molecule has 0 aromatic rings. The van der Waals surface area contributed by atoms with Crippen molar-refractivity contribution in [3.05, 3.63) is 12.3 Å². The Morgan fingerprint density at radius 3 is 2.00 bits per heavy atom. The van der Waals surface area contributed by atoms with E-state index in [4.69, 9.17) is 0 Å². The molecule has 0 unspecified atom stereocenters. The Morgan fingerprint density at radius 1 is 1.50 bits per heavy atom. The first-order valence-corrected chi connectivity index (χ1v) is 2.37. The van der Waals surface area contributed by atoms with Crippen molar-refractivity contribution in [1.29, 1.82) is 0 Å². The molecule has 0 aliphatic heterocycles. The number of hydrogen-bond donors (Lipinski definition) is 1. The summed E-state index contributed by atoms with van der Waals surface area (Å²) in [6, 6.07) is 0. The summed E-state index contributed by atoms with van der Waals surface area (Å²) in [7, 11) is 0. The van der Waals surface area contributed by atoms with Crippen molar-refractivity contribution in [3.8, 4) is 0 Å². The zero-order chi connectivity index (χ0) is 8.36. The van der Waals surface area contributed by atoms with E-state index in [-0.39, 0.29) is 0 Å². The lowest BCUT2D eigenvalue weighted by atomic mass is 10.4. The van der Waals surface area contributed by atoms with Gasteiger partial charge in [-0.1, -0.05) is 6.58 Å². The van der Waals surface area contributed by atoms with E-state index in [2.05, 4.69) is 6.58 Å². The van der Waals surface area contributed by atoms with Crippen molar-refractivity contribution in [2.75, 3.05) is 0 Å². The van der Waals surface area contributed by atoms with Crippen LogP contribution in [0.1, 0.15) is 6.92 Å². The first-order valence-electron chi connectivity index (χ1n) is 2.37. The molecule has 1 amide bonds. The number of nitrogens with one attached hydrogen (secondary N) is 1. The van der Waals surface area contributed by atoms with Crippen LogP contribution in [0.15, 0.2) is 12.3 Å². The molecule has 0 heterocycles. The van der Waals surface area contributed by atoms with Gasteiger partial charge in [-0.2, -0.15) is 13.2 Å². The fourth-order valence-corrected chi connectivity index (χ4v) is 0.283. The van der Waals surface area contributed by atoms with Crippen LogP contribution in [0.2, 0.25) is 0 Å². The van der Waals surface area contributed by atoms with Crippen LogP contribution in [0, 0.1) is 0 Å². The predicted molar refractivity (Wildman–Crippen MR) is 29.0 cm³/mol. The van der Waals surface area contributed by atoms with Crippen molar-refractivity contribution in [2.45, 2.75) is 13.1 Å². The van der Waals surface area contributed by atoms with Crippen LogP contribution in [-0.4, -0.2) is 12.1 Å². The van der Waals surface area contributed by atoms with Crippen molar-refractivity contribution in [1.82, 2.24) is 5.32 Å². The first-order chi connectivity index (χ1) is 4.34. The SMILES string of the molecule is C=C(NC(C)=O)C(F)(F)F. The maximum absolute atomic E-state index is 11.5. The molecule has 0 aliphatic carbocycles. The summed E-state index contributed by atoms with van der Waals surface area (Å²) in [6.45, 7) is 3.59. The minimum Gasteiger partial charge on any atom is -0.323 e. The van der Waals surface area contributed by atoms with Crippen molar-refractivity contribution < 1.29 is 18.0 Å². The Morgan fingerprint density at radius 2 is 1.90 bits per heavy atom. The van der Waals surface area contributed by atoms with Gasteiger partial charge in [0.1, 0.15) is 5.70 Å². The molecule has 2 nitrogen and oxygen atoms in total. The highest BCUT2D eigenvalue weighted by molar-refractivity contribution is 5.74. The lowest BCUT2D eigenvalue weighted by molar-refractivity contribution is -0.124. The Balaban J connectivity index is 3.99. The quantitative estimate of drug-likeness (QED) is 0.602.